The van der Waals surface area contributed by atoms with E-state index in [1.807, 2.05) is 5.32 Å². The lowest BCUT2D eigenvalue weighted by atomic mass is 10.2. The summed E-state index contributed by atoms with van der Waals surface area (Å²) in [4.78, 5) is 36.8. The van der Waals surface area contributed by atoms with Crippen molar-refractivity contribution in [3.05, 3.63) is 42.2 Å². The fourth-order valence-electron chi connectivity index (χ4n) is 2.85. The highest BCUT2D eigenvalue weighted by Crippen LogP contribution is 2.35. The van der Waals surface area contributed by atoms with Gasteiger partial charge in [0.15, 0.2) is 34.7 Å². The number of rotatable bonds is 7. The van der Waals surface area contributed by atoms with Gasteiger partial charge in [-0.3, -0.25) is 9.59 Å². The van der Waals surface area contributed by atoms with Crippen LogP contribution in [0.5, 0.6) is 5.75 Å². The Kier molecular flexibility index (Phi) is 4.84. The van der Waals surface area contributed by atoms with Crippen LogP contribution in [0.2, 0.25) is 0 Å². The third-order valence-electron chi connectivity index (χ3n) is 4.54. The summed E-state index contributed by atoms with van der Waals surface area (Å²) in [6, 6.07) is 2.87. The number of anilines is 3. The number of carbonyl (C=O) groups excluding carboxylic acids is 2. The first-order valence-electron chi connectivity index (χ1n) is 10.9. The minimum absolute atomic E-state index is 0.00387. The van der Waals surface area contributed by atoms with Gasteiger partial charge >= 0.3 is 0 Å². The van der Waals surface area contributed by atoms with Crippen LogP contribution < -0.4 is 20.7 Å². The molecule has 32 heavy (non-hydrogen) atoms. The Labute approximate surface area is 186 Å². The Bertz CT molecular complexity index is 1270. The second-order valence-corrected chi connectivity index (χ2v) is 6.80. The number of pyridine rings is 1. The molecule has 0 aliphatic heterocycles. The topological polar surface area (TPSA) is 144 Å². The van der Waals surface area contributed by atoms with E-state index in [9.17, 15) is 14.0 Å². The van der Waals surface area contributed by atoms with Crippen molar-refractivity contribution in [3.8, 4) is 17.1 Å². The molecule has 3 aromatic rings. The van der Waals surface area contributed by atoms with Gasteiger partial charge < -0.3 is 20.7 Å². The van der Waals surface area contributed by atoms with Crippen molar-refractivity contribution in [1.29, 1.82) is 0 Å². The molecular weight excluding hydrogens is 419 g/mol. The van der Waals surface area contributed by atoms with Crippen molar-refractivity contribution in [2.45, 2.75) is 12.8 Å². The number of halogens is 1. The van der Waals surface area contributed by atoms with Crippen molar-refractivity contribution >= 4 is 29.1 Å². The van der Waals surface area contributed by atoms with Crippen LogP contribution in [0.3, 0.4) is 0 Å². The largest absolute Gasteiger partial charge is 0.492 e. The molecule has 3 heterocycles. The Morgan fingerprint density at radius 1 is 1.22 bits per heavy atom. The summed E-state index contributed by atoms with van der Waals surface area (Å²) >= 11 is 0. The quantitative estimate of drug-likeness (QED) is 0.501. The van der Waals surface area contributed by atoms with E-state index in [2.05, 4.69) is 35.8 Å². The minimum Gasteiger partial charge on any atom is -0.492 e. The fraction of sp³-hybridized carbons (Fsp3) is 0.250. The molecular formula is C20H19FN8O3. The van der Waals surface area contributed by atoms with Crippen LogP contribution in [0.4, 0.5) is 21.7 Å². The normalized spacial score (nSPS) is 14.5. The van der Waals surface area contributed by atoms with E-state index in [4.69, 9.17) is 8.85 Å². The van der Waals surface area contributed by atoms with E-state index >= 15 is 0 Å². The van der Waals surface area contributed by atoms with Gasteiger partial charge in [-0.25, -0.2) is 19.3 Å². The molecule has 1 aliphatic rings. The highest BCUT2D eigenvalue weighted by atomic mass is 19.1. The fourth-order valence-corrected chi connectivity index (χ4v) is 2.85. The van der Waals surface area contributed by atoms with Gasteiger partial charge in [0, 0.05) is 29.3 Å². The van der Waals surface area contributed by atoms with Gasteiger partial charge in [-0.05, 0) is 18.9 Å². The van der Waals surface area contributed by atoms with Crippen LogP contribution in [0.25, 0.3) is 11.4 Å². The maximum absolute atomic E-state index is 13.3. The van der Waals surface area contributed by atoms with Crippen molar-refractivity contribution in [2.75, 3.05) is 24.7 Å². The molecule has 4 rings (SSSR count). The molecule has 0 radical (unpaired) electrons. The van der Waals surface area contributed by atoms with Crippen molar-refractivity contribution in [3.63, 3.8) is 0 Å². The summed E-state index contributed by atoms with van der Waals surface area (Å²) in [5, 5.41) is 15.0. The van der Waals surface area contributed by atoms with E-state index < -0.39 is 18.7 Å². The van der Waals surface area contributed by atoms with Gasteiger partial charge in [0.2, 0.25) is 5.91 Å². The molecule has 164 valence electrons. The van der Waals surface area contributed by atoms with E-state index in [-0.39, 0.29) is 46.4 Å². The maximum Gasteiger partial charge on any atom is 0.273 e. The number of methoxy groups -OCH3 is 1. The van der Waals surface area contributed by atoms with E-state index in [0.29, 0.717) is 5.56 Å². The molecule has 0 aromatic carbocycles. The van der Waals surface area contributed by atoms with Crippen LogP contribution in [0.1, 0.15) is 27.4 Å². The highest BCUT2D eigenvalue weighted by molar-refractivity contribution is 5.99. The number of amides is 2. The van der Waals surface area contributed by atoms with E-state index in [1.54, 1.807) is 6.07 Å². The van der Waals surface area contributed by atoms with Crippen LogP contribution in [-0.2, 0) is 4.79 Å². The van der Waals surface area contributed by atoms with Gasteiger partial charge in [-0.15, -0.1) is 10.2 Å². The van der Waals surface area contributed by atoms with Gasteiger partial charge in [-0.1, -0.05) is 0 Å². The zero-order chi connectivity index (χ0) is 25.2. The molecule has 2 amide bonds. The average molecular weight is 441 g/mol. The maximum atomic E-state index is 13.3. The van der Waals surface area contributed by atoms with Gasteiger partial charge in [0.1, 0.15) is 0 Å². The van der Waals surface area contributed by atoms with Crippen molar-refractivity contribution < 1.29 is 22.8 Å². The first-order valence-corrected chi connectivity index (χ1v) is 9.43. The molecule has 1 fully saturated rings. The zero-order valence-corrected chi connectivity index (χ0v) is 16.7. The SMILES string of the molecule is [2H]C([2H])([2H])NC(=O)c1nnc(NC(=O)C2CC2)cc1Nc1nccc(-c2ncc(F)cn2)c1OC. The molecule has 0 unspecified atom stereocenters. The molecule has 12 heteroatoms. The number of hydrogen-bond acceptors (Lipinski definition) is 9. The van der Waals surface area contributed by atoms with Crippen LogP contribution in [-0.4, -0.2) is 51.0 Å². The molecule has 0 atom stereocenters. The lowest BCUT2D eigenvalue weighted by Gasteiger charge is -2.15. The number of nitrogens with zero attached hydrogens (tertiary/aromatic N) is 5. The molecule has 1 aliphatic carbocycles. The second kappa shape index (κ2) is 8.88. The van der Waals surface area contributed by atoms with Crippen LogP contribution >= 0.6 is 0 Å². The lowest BCUT2D eigenvalue weighted by Crippen LogP contribution is -2.22. The Hall–Kier alpha value is -4.22. The smallest absolute Gasteiger partial charge is 0.273 e. The summed E-state index contributed by atoms with van der Waals surface area (Å²) in [7, 11) is 1.36. The Morgan fingerprint density at radius 2 is 2.00 bits per heavy atom. The van der Waals surface area contributed by atoms with E-state index in [1.165, 1.54) is 19.4 Å². The first kappa shape index (κ1) is 17.5. The van der Waals surface area contributed by atoms with Gasteiger partial charge in [-0.2, -0.15) is 0 Å². The summed E-state index contributed by atoms with van der Waals surface area (Å²) in [5.74, 6) is -1.55. The summed E-state index contributed by atoms with van der Waals surface area (Å²) in [6.07, 6.45) is 4.92. The monoisotopic (exact) mass is 441 g/mol. The molecule has 11 nitrogen and oxygen atoms in total. The number of ether oxygens (including phenoxy) is 1. The van der Waals surface area contributed by atoms with Crippen LogP contribution in [0.15, 0.2) is 30.7 Å². The minimum atomic E-state index is -2.77. The Morgan fingerprint density at radius 3 is 2.69 bits per heavy atom. The molecule has 0 spiro atoms. The number of nitrogens with one attached hydrogen (secondary N) is 3. The lowest BCUT2D eigenvalue weighted by molar-refractivity contribution is -0.117. The standard InChI is InChI=1S/C20H19FN8O3/c1-22-20(31)15-13(7-14(28-29-15)27-19(30)10-3-4-10)26-18-16(32-2)12(5-6-23-18)17-24-8-11(21)9-25-17/h5-10H,3-4H2,1-2H3,(H,22,31)(H2,23,26,27,28,30)/i1D3. The first-order chi connectivity index (χ1) is 16.6. The van der Waals surface area contributed by atoms with Crippen molar-refractivity contribution in [2.24, 2.45) is 5.92 Å². The predicted molar refractivity (Wildman–Crippen MR) is 112 cm³/mol. The molecule has 1 saturated carbocycles. The predicted octanol–water partition coefficient (Wildman–Crippen LogP) is 1.93. The number of hydrogen-bond donors (Lipinski definition) is 3. The Balaban J connectivity index is 1.72. The molecule has 3 aromatic heterocycles. The van der Waals surface area contributed by atoms with E-state index in [0.717, 1.165) is 25.2 Å². The third-order valence-corrected chi connectivity index (χ3v) is 4.54. The average Bonchev–Trinajstić information content (AvgIpc) is 3.64. The van der Waals surface area contributed by atoms with Crippen LogP contribution in [0, 0.1) is 11.7 Å². The summed E-state index contributed by atoms with van der Waals surface area (Å²) in [6.45, 7) is -2.77. The molecule has 0 saturated heterocycles. The zero-order valence-electron chi connectivity index (χ0n) is 19.7. The second-order valence-electron chi connectivity index (χ2n) is 6.80. The number of aromatic nitrogens is 5. The molecule has 0 bridgehead atoms. The summed E-state index contributed by atoms with van der Waals surface area (Å²) < 4.78 is 40.6. The third kappa shape index (κ3) is 4.43. The summed E-state index contributed by atoms with van der Waals surface area (Å²) in [5.41, 5.74) is -0.00331. The highest BCUT2D eigenvalue weighted by Gasteiger charge is 2.30. The molecule has 3 N–H and O–H groups in total. The van der Waals surface area contributed by atoms with Crippen molar-refractivity contribution in [1.82, 2.24) is 30.5 Å². The van der Waals surface area contributed by atoms with Gasteiger partial charge in [0.05, 0.1) is 30.8 Å². The number of carbonyl (C=O) groups is 2. The van der Waals surface area contributed by atoms with Gasteiger partial charge in [0.25, 0.3) is 5.91 Å².